The highest BCUT2D eigenvalue weighted by Crippen LogP contribution is 2.33. The van der Waals surface area contributed by atoms with Crippen LogP contribution in [0.25, 0.3) is 11.0 Å². The van der Waals surface area contributed by atoms with Gasteiger partial charge in [-0.1, -0.05) is 12.5 Å². The molecule has 0 bridgehead atoms. The molecular formula is C23H27F3N4O2S. The number of benzene rings is 2. The molecule has 4 rings (SSSR count). The molecular weight excluding hydrogens is 453 g/mol. The molecule has 1 saturated heterocycles. The molecule has 0 saturated carbocycles. The van der Waals surface area contributed by atoms with Gasteiger partial charge in [0.15, 0.2) is 0 Å². The summed E-state index contributed by atoms with van der Waals surface area (Å²) in [6.45, 7) is 5.21. The molecule has 0 spiro atoms. The first kappa shape index (κ1) is 23.6. The third-order valence-corrected chi connectivity index (χ3v) is 7.96. The van der Waals surface area contributed by atoms with Crippen molar-refractivity contribution in [3.8, 4) is 0 Å². The highest BCUT2D eigenvalue weighted by atomic mass is 32.2. The Kier molecular flexibility index (Phi) is 6.41. The summed E-state index contributed by atoms with van der Waals surface area (Å²) in [5, 5.41) is 3.02. The first-order valence-electron chi connectivity index (χ1n) is 11.0. The van der Waals surface area contributed by atoms with Crippen LogP contribution in [-0.2, 0) is 29.3 Å². The van der Waals surface area contributed by atoms with Gasteiger partial charge in [-0.25, -0.2) is 13.4 Å². The van der Waals surface area contributed by atoms with Crippen molar-refractivity contribution < 1.29 is 21.6 Å². The van der Waals surface area contributed by atoms with Gasteiger partial charge in [0.2, 0.25) is 10.0 Å². The van der Waals surface area contributed by atoms with Crippen molar-refractivity contribution in [3.63, 3.8) is 0 Å². The van der Waals surface area contributed by atoms with Crippen molar-refractivity contribution in [1.82, 2.24) is 13.9 Å². The number of nitrogens with zero attached hydrogens (tertiary/aromatic N) is 3. The van der Waals surface area contributed by atoms with Gasteiger partial charge >= 0.3 is 6.18 Å². The molecule has 0 aliphatic carbocycles. The van der Waals surface area contributed by atoms with E-state index in [1.165, 1.54) is 17.3 Å². The molecule has 178 valence electrons. The third kappa shape index (κ3) is 4.72. The van der Waals surface area contributed by atoms with Crippen LogP contribution in [0.4, 0.5) is 18.9 Å². The van der Waals surface area contributed by atoms with Crippen LogP contribution < -0.4 is 5.32 Å². The average molecular weight is 481 g/mol. The van der Waals surface area contributed by atoms with Crippen molar-refractivity contribution in [3.05, 3.63) is 53.3 Å². The number of hydrogen-bond donors (Lipinski definition) is 1. The van der Waals surface area contributed by atoms with Crippen LogP contribution in [0.2, 0.25) is 0 Å². The number of nitrogens with one attached hydrogen (secondary N) is 1. The van der Waals surface area contributed by atoms with Gasteiger partial charge in [-0.2, -0.15) is 17.5 Å². The number of halogens is 3. The van der Waals surface area contributed by atoms with Crippen molar-refractivity contribution in [2.24, 2.45) is 0 Å². The van der Waals surface area contributed by atoms with E-state index >= 15 is 0 Å². The minimum Gasteiger partial charge on any atom is -0.378 e. The van der Waals surface area contributed by atoms with E-state index in [2.05, 4.69) is 10.3 Å². The molecule has 1 aliphatic rings. The minimum absolute atomic E-state index is 0.163. The normalized spacial score (nSPS) is 15.8. The van der Waals surface area contributed by atoms with Crippen molar-refractivity contribution in [1.29, 1.82) is 0 Å². The fourth-order valence-electron chi connectivity index (χ4n) is 4.28. The highest BCUT2D eigenvalue weighted by molar-refractivity contribution is 7.89. The monoisotopic (exact) mass is 480 g/mol. The van der Waals surface area contributed by atoms with E-state index in [0.29, 0.717) is 36.7 Å². The number of fused-ring (bicyclic) bond motifs is 1. The summed E-state index contributed by atoms with van der Waals surface area (Å²) in [4.78, 5) is 4.82. The Labute approximate surface area is 191 Å². The van der Waals surface area contributed by atoms with Gasteiger partial charge in [-0.15, -0.1) is 0 Å². The van der Waals surface area contributed by atoms with Gasteiger partial charge in [0.05, 0.1) is 28.0 Å². The zero-order valence-corrected chi connectivity index (χ0v) is 19.4. The molecule has 10 heteroatoms. The number of hydrogen-bond acceptors (Lipinski definition) is 4. The van der Waals surface area contributed by atoms with Crippen LogP contribution in [0, 0.1) is 6.92 Å². The van der Waals surface area contributed by atoms with E-state index in [-0.39, 0.29) is 17.0 Å². The molecule has 1 aromatic heterocycles. The summed E-state index contributed by atoms with van der Waals surface area (Å²) in [7, 11) is -3.58. The maximum absolute atomic E-state index is 13.2. The smallest absolute Gasteiger partial charge is 0.378 e. The van der Waals surface area contributed by atoms with E-state index in [9.17, 15) is 21.6 Å². The Morgan fingerprint density at radius 3 is 2.45 bits per heavy atom. The lowest BCUT2D eigenvalue weighted by atomic mass is 10.1. The highest BCUT2D eigenvalue weighted by Gasteiger charge is 2.32. The fraction of sp³-hybridized carbons (Fsp3) is 0.435. The zero-order chi connectivity index (χ0) is 23.8. The number of aryl methyl sites for hydroxylation is 2. The molecule has 0 atom stereocenters. The summed E-state index contributed by atoms with van der Waals surface area (Å²) in [6.07, 6.45) is -1.67. The quantitative estimate of drug-likeness (QED) is 0.529. The first-order valence-corrected chi connectivity index (χ1v) is 12.5. The van der Waals surface area contributed by atoms with Gasteiger partial charge in [0.1, 0.15) is 5.82 Å². The number of piperidine rings is 1. The molecule has 1 fully saturated rings. The summed E-state index contributed by atoms with van der Waals surface area (Å²) < 4.78 is 69.2. The largest absolute Gasteiger partial charge is 0.416 e. The second kappa shape index (κ2) is 8.98. The van der Waals surface area contributed by atoms with Crippen LogP contribution in [0.5, 0.6) is 0 Å². The minimum atomic E-state index is -4.42. The maximum atomic E-state index is 13.2. The summed E-state index contributed by atoms with van der Waals surface area (Å²) in [5.41, 5.74) is 1.16. The number of anilines is 1. The van der Waals surface area contributed by atoms with Gasteiger partial charge in [0, 0.05) is 25.3 Å². The van der Waals surface area contributed by atoms with Crippen LogP contribution >= 0.6 is 0 Å². The second-order valence-electron chi connectivity index (χ2n) is 8.27. The first-order chi connectivity index (χ1) is 15.6. The van der Waals surface area contributed by atoms with Gasteiger partial charge in [0.25, 0.3) is 0 Å². The second-order valence-corrected chi connectivity index (χ2v) is 10.2. The molecule has 33 heavy (non-hydrogen) atoms. The number of alkyl halides is 3. The van der Waals surface area contributed by atoms with Gasteiger partial charge in [-0.3, -0.25) is 0 Å². The lowest BCUT2D eigenvalue weighted by molar-refractivity contribution is -0.138. The van der Waals surface area contributed by atoms with E-state index < -0.39 is 21.8 Å². The Morgan fingerprint density at radius 2 is 1.79 bits per heavy atom. The van der Waals surface area contributed by atoms with Crippen LogP contribution in [-0.4, -0.2) is 35.4 Å². The predicted octanol–water partition coefficient (Wildman–Crippen LogP) is 5.17. The third-order valence-electron chi connectivity index (χ3n) is 6.06. The van der Waals surface area contributed by atoms with Gasteiger partial charge < -0.3 is 9.88 Å². The molecule has 0 unspecified atom stereocenters. The number of sulfonamides is 1. The van der Waals surface area contributed by atoms with Gasteiger partial charge in [-0.05, 0) is 62.6 Å². The number of aromatic nitrogens is 2. The molecule has 3 aromatic rings. The summed E-state index contributed by atoms with van der Waals surface area (Å²) in [5.74, 6) is 0.620. The molecule has 1 N–H and O–H groups in total. The van der Waals surface area contributed by atoms with Crippen molar-refractivity contribution >= 4 is 26.7 Å². The zero-order valence-electron chi connectivity index (χ0n) is 18.6. The van der Waals surface area contributed by atoms with E-state index in [1.807, 2.05) is 11.5 Å². The van der Waals surface area contributed by atoms with Crippen LogP contribution in [0.3, 0.4) is 0 Å². The lowest BCUT2D eigenvalue weighted by Crippen LogP contribution is -2.35. The van der Waals surface area contributed by atoms with Crippen LogP contribution in [0.15, 0.2) is 41.3 Å². The molecule has 1 aliphatic heterocycles. The van der Waals surface area contributed by atoms with E-state index in [1.54, 1.807) is 24.3 Å². The Morgan fingerprint density at radius 1 is 1.06 bits per heavy atom. The van der Waals surface area contributed by atoms with E-state index in [4.69, 9.17) is 0 Å². The summed E-state index contributed by atoms with van der Waals surface area (Å²) >= 11 is 0. The van der Waals surface area contributed by atoms with E-state index in [0.717, 1.165) is 30.8 Å². The molecule has 2 aromatic carbocycles. The molecule has 2 heterocycles. The van der Waals surface area contributed by atoms with Crippen molar-refractivity contribution in [2.75, 3.05) is 18.4 Å². The predicted molar refractivity (Wildman–Crippen MR) is 122 cm³/mol. The Balaban J connectivity index is 1.61. The van der Waals surface area contributed by atoms with Crippen LogP contribution in [0.1, 0.15) is 43.1 Å². The fourth-order valence-corrected chi connectivity index (χ4v) is 5.82. The summed E-state index contributed by atoms with van der Waals surface area (Å²) in [6, 6.07) is 9.07. The molecule has 0 radical (unpaired) electrons. The standard InChI is InChI=1S/C23H27F3N4O2S/c1-3-30-21-10-9-18(33(31,32)29-11-5-4-6-12-29)14-20(21)28-22(30)15-27-17-8-7-16(2)19(13-17)23(24,25)26/h7-10,13-14,27H,3-6,11-12,15H2,1-2H3. The molecule has 6 nitrogen and oxygen atoms in total. The Bertz CT molecular complexity index is 1260. The SMILES string of the molecule is CCn1c(CNc2ccc(C)c(C(F)(F)F)c2)nc2cc(S(=O)(=O)N3CCCCC3)ccc21. The topological polar surface area (TPSA) is 67.2 Å². The maximum Gasteiger partial charge on any atom is 0.416 e. The molecule has 0 amide bonds. The lowest BCUT2D eigenvalue weighted by Gasteiger charge is -2.25. The Hall–Kier alpha value is -2.59. The van der Waals surface area contributed by atoms with Crippen molar-refractivity contribution in [2.45, 2.75) is 57.3 Å². The average Bonchev–Trinajstić information content (AvgIpc) is 3.15. The number of imidazole rings is 1. The number of rotatable bonds is 6.